The van der Waals surface area contributed by atoms with Crippen LogP contribution in [0.5, 0.6) is 0 Å². The van der Waals surface area contributed by atoms with Crippen molar-refractivity contribution in [1.82, 2.24) is 19.3 Å². The second kappa shape index (κ2) is 6.21. The first-order chi connectivity index (χ1) is 10.1. The first-order valence-electron chi connectivity index (χ1n) is 7.79. The van der Waals surface area contributed by atoms with E-state index < -0.39 is 0 Å². The van der Waals surface area contributed by atoms with E-state index in [1.54, 1.807) is 0 Å². The topological polar surface area (TPSA) is 35.6 Å². The highest BCUT2D eigenvalue weighted by Crippen LogP contribution is 2.32. The fourth-order valence-electron chi connectivity index (χ4n) is 3.14. The number of thioether (sulfide) groups is 1. The van der Waals surface area contributed by atoms with E-state index in [0.29, 0.717) is 5.25 Å². The van der Waals surface area contributed by atoms with E-state index in [1.165, 1.54) is 18.6 Å². The highest BCUT2D eigenvalue weighted by molar-refractivity contribution is 8.00. The highest BCUT2D eigenvalue weighted by Gasteiger charge is 2.24. The van der Waals surface area contributed by atoms with E-state index >= 15 is 0 Å². The molecule has 0 spiro atoms. The SMILES string of the molecule is CCCc1nn(C)c2c1nc(C(C)Cl)n2CC1CCCS1. The van der Waals surface area contributed by atoms with Gasteiger partial charge in [-0.1, -0.05) is 13.3 Å². The smallest absolute Gasteiger partial charge is 0.158 e. The average molecular weight is 327 g/mol. The van der Waals surface area contributed by atoms with Gasteiger partial charge in [0.15, 0.2) is 5.65 Å². The number of nitrogens with zero attached hydrogens (tertiary/aromatic N) is 4. The summed E-state index contributed by atoms with van der Waals surface area (Å²) >= 11 is 8.46. The summed E-state index contributed by atoms with van der Waals surface area (Å²) < 4.78 is 4.29. The third-order valence-corrected chi connectivity index (χ3v) is 5.65. The molecule has 1 aliphatic heterocycles. The molecule has 2 atom stereocenters. The second-order valence-corrected chi connectivity index (χ2v) is 7.89. The molecule has 116 valence electrons. The summed E-state index contributed by atoms with van der Waals surface area (Å²) in [4.78, 5) is 4.83. The molecular formula is C15H23ClN4S. The molecule has 3 rings (SSSR count). The molecule has 21 heavy (non-hydrogen) atoms. The predicted octanol–water partition coefficient (Wildman–Crippen LogP) is 3.92. The van der Waals surface area contributed by atoms with E-state index in [4.69, 9.17) is 16.6 Å². The van der Waals surface area contributed by atoms with Crippen LogP contribution in [0.15, 0.2) is 0 Å². The Kier molecular flexibility index (Phi) is 4.50. The minimum absolute atomic E-state index is 0.0710. The molecule has 2 aromatic rings. The van der Waals surface area contributed by atoms with Crippen LogP contribution in [0.2, 0.25) is 0 Å². The molecule has 1 saturated heterocycles. The third-order valence-electron chi connectivity index (χ3n) is 4.07. The Hall–Kier alpha value is -0.680. The van der Waals surface area contributed by atoms with Crippen molar-refractivity contribution >= 4 is 34.5 Å². The molecule has 6 heteroatoms. The van der Waals surface area contributed by atoms with Gasteiger partial charge in [0.2, 0.25) is 0 Å². The zero-order chi connectivity index (χ0) is 15.0. The Morgan fingerprint density at radius 1 is 1.48 bits per heavy atom. The van der Waals surface area contributed by atoms with Gasteiger partial charge in [-0.05, 0) is 31.9 Å². The van der Waals surface area contributed by atoms with Gasteiger partial charge in [0, 0.05) is 18.8 Å². The lowest BCUT2D eigenvalue weighted by atomic mass is 10.2. The number of alkyl halides is 1. The normalized spacial score (nSPS) is 20.5. The highest BCUT2D eigenvalue weighted by atomic mass is 35.5. The lowest BCUT2D eigenvalue weighted by Crippen LogP contribution is -2.15. The predicted molar refractivity (Wildman–Crippen MR) is 90.2 cm³/mol. The van der Waals surface area contributed by atoms with Gasteiger partial charge in [-0.15, -0.1) is 11.6 Å². The fourth-order valence-corrected chi connectivity index (χ4v) is 4.56. The van der Waals surface area contributed by atoms with Crippen LogP contribution in [-0.2, 0) is 20.0 Å². The van der Waals surface area contributed by atoms with Crippen molar-refractivity contribution in [3.05, 3.63) is 11.5 Å². The number of hydrogen-bond acceptors (Lipinski definition) is 3. The molecule has 4 nitrogen and oxygen atoms in total. The molecule has 0 N–H and O–H groups in total. The minimum atomic E-state index is -0.0710. The van der Waals surface area contributed by atoms with Gasteiger partial charge in [0.05, 0.1) is 11.1 Å². The molecule has 1 fully saturated rings. The molecule has 1 aliphatic rings. The van der Waals surface area contributed by atoms with E-state index in [1.807, 2.05) is 18.7 Å². The van der Waals surface area contributed by atoms with Gasteiger partial charge in [-0.3, -0.25) is 4.68 Å². The number of aromatic nitrogens is 4. The number of aryl methyl sites for hydroxylation is 2. The Morgan fingerprint density at radius 3 is 2.90 bits per heavy atom. The lowest BCUT2D eigenvalue weighted by molar-refractivity contribution is 0.602. The first-order valence-corrected chi connectivity index (χ1v) is 9.28. The van der Waals surface area contributed by atoms with Gasteiger partial charge < -0.3 is 4.57 Å². The van der Waals surface area contributed by atoms with Gasteiger partial charge in [0.25, 0.3) is 0 Å². The maximum Gasteiger partial charge on any atom is 0.158 e. The quantitative estimate of drug-likeness (QED) is 0.781. The Morgan fingerprint density at radius 2 is 2.29 bits per heavy atom. The van der Waals surface area contributed by atoms with E-state index in [2.05, 4.69) is 28.4 Å². The summed E-state index contributed by atoms with van der Waals surface area (Å²) in [5.41, 5.74) is 3.28. The van der Waals surface area contributed by atoms with E-state index in [0.717, 1.165) is 42.1 Å². The standard InChI is InChI=1S/C15H23ClN4S/c1-4-6-12-13-15(19(3)18-12)20(14(17-13)10(2)16)9-11-7-5-8-21-11/h10-11H,4-9H2,1-3H3. The molecular weight excluding hydrogens is 304 g/mol. The fraction of sp³-hybridized carbons (Fsp3) is 0.733. The van der Waals surface area contributed by atoms with Gasteiger partial charge in [-0.25, -0.2) is 4.98 Å². The lowest BCUT2D eigenvalue weighted by Gasteiger charge is -2.14. The molecule has 0 radical (unpaired) electrons. The first kappa shape index (κ1) is 15.2. The molecule has 0 saturated carbocycles. The zero-order valence-corrected chi connectivity index (χ0v) is 14.5. The minimum Gasteiger partial charge on any atom is -0.311 e. The van der Waals surface area contributed by atoms with Crippen LogP contribution in [0.25, 0.3) is 11.2 Å². The van der Waals surface area contributed by atoms with Crippen LogP contribution in [-0.4, -0.2) is 30.3 Å². The van der Waals surface area contributed by atoms with Gasteiger partial charge in [0.1, 0.15) is 11.3 Å². The average Bonchev–Trinajstić information content (AvgIpc) is 3.11. The van der Waals surface area contributed by atoms with Crippen molar-refractivity contribution in [3.8, 4) is 0 Å². The number of fused-ring (bicyclic) bond motifs is 1. The van der Waals surface area contributed by atoms with Crippen molar-refractivity contribution in [2.45, 2.75) is 56.7 Å². The molecule has 3 heterocycles. The Balaban J connectivity index is 2.07. The largest absolute Gasteiger partial charge is 0.311 e. The second-order valence-electron chi connectivity index (χ2n) is 5.82. The molecule has 0 amide bonds. The van der Waals surface area contributed by atoms with Crippen molar-refractivity contribution in [3.63, 3.8) is 0 Å². The van der Waals surface area contributed by atoms with Crippen molar-refractivity contribution in [2.75, 3.05) is 5.75 Å². The zero-order valence-electron chi connectivity index (χ0n) is 13.0. The monoisotopic (exact) mass is 326 g/mol. The summed E-state index contributed by atoms with van der Waals surface area (Å²) in [6, 6.07) is 0. The van der Waals surface area contributed by atoms with Crippen molar-refractivity contribution < 1.29 is 0 Å². The number of rotatable bonds is 5. The van der Waals surface area contributed by atoms with Gasteiger partial charge >= 0.3 is 0 Å². The summed E-state index contributed by atoms with van der Waals surface area (Å²) in [6.07, 6.45) is 4.68. The molecule has 0 bridgehead atoms. The molecule has 2 unspecified atom stereocenters. The van der Waals surface area contributed by atoms with Crippen LogP contribution in [0.4, 0.5) is 0 Å². The maximum atomic E-state index is 6.38. The van der Waals surface area contributed by atoms with Crippen LogP contribution < -0.4 is 0 Å². The van der Waals surface area contributed by atoms with Crippen LogP contribution >= 0.6 is 23.4 Å². The summed E-state index contributed by atoms with van der Waals surface area (Å²) in [7, 11) is 2.02. The molecule has 0 aliphatic carbocycles. The molecule has 2 aromatic heterocycles. The van der Waals surface area contributed by atoms with Crippen LogP contribution in [0.1, 0.15) is 50.0 Å². The van der Waals surface area contributed by atoms with E-state index in [-0.39, 0.29) is 5.38 Å². The molecule has 0 aromatic carbocycles. The summed E-state index contributed by atoms with van der Waals surface area (Å²) in [5.74, 6) is 2.27. The van der Waals surface area contributed by atoms with Crippen molar-refractivity contribution in [2.24, 2.45) is 7.05 Å². The third kappa shape index (κ3) is 2.82. The Labute approximate surface area is 135 Å². The maximum absolute atomic E-state index is 6.38. The van der Waals surface area contributed by atoms with E-state index in [9.17, 15) is 0 Å². The summed E-state index contributed by atoms with van der Waals surface area (Å²) in [6.45, 7) is 5.18. The van der Waals surface area contributed by atoms with Gasteiger partial charge in [-0.2, -0.15) is 16.9 Å². The van der Waals surface area contributed by atoms with Crippen LogP contribution in [0.3, 0.4) is 0 Å². The Bertz CT molecular complexity index is 625. The van der Waals surface area contributed by atoms with Crippen molar-refractivity contribution in [1.29, 1.82) is 0 Å². The number of halogens is 1. The summed E-state index contributed by atoms with van der Waals surface area (Å²) in [5, 5.41) is 5.27. The number of hydrogen-bond donors (Lipinski definition) is 0. The number of imidazole rings is 1. The van der Waals surface area contributed by atoms with Crippen LogP contribution in [0, 0.1) is 0 Å².